The van der Waals surface area contributed by atoms with Crippen LogP contribution >= 0.6 is 0 Å². The molecule has 0 radical (unpaired) electrons. The summed E-state index contributed by atoms with van der Waals surface area (Å²) < 4.78 is 2.43. The molecule has 0 amide bonds. The van der Waals surface area contributed by atoms with Crippen LogP contribution in [-0.4, -0.2) is 22.6 Å². The van der Waals surface area contributed by atoms with Gasteiger partial charge >= 0.3 is 0 Å². The van der Waals surface area contributed by atoms with Gasteiger partial charge in [0.2, 0.25) is 0 Å². The van der Waals surface area contributed by atoms with Crippen molar-refractivity contribution in [3.63, 3.8) is 0 Å². The fourth-order valence-corrected chi connectivity index (χ4v) is 3.82. The Kier molecular flexibility index (Phi) is 4.59. The summed E-state index contributed by atoms with van der Waals surface area (Å²) in [6, 6.07) is 9.11. The van der Waals surface area contributed by atoms with Crippen LogP contribution in [-0.2, 0) is 13.0 Å². The van der Waals surface area contributed by atoms with Crippen LogP contribution in [0.4, 0.5) is 0 Å². The largest absolute Gasteiger partial charge is 0.328 e. The van der Waals surface area contributed by atoms with Gasteiger partial charge in [0, 0.05) is 19.0 Å². The zero-order chi connectivity index (χ0) is 14.7. The third-order valence-corrected chi connectivity index (χ3v) is 4.92. The molecule has 0 aliphatic heterocycles. The van der Waals surface area contributed by atoms with Crippen molar-refractivity contribution in [2.75, 3.05) is 7.05 Å². The molecule has 1 aliphatic rings. The maximum absolute atomic E-state index is 4.91. The first-order valence-electron chi connectivity index (χ1n) is 8.45. The van der Waals surface area contributed by atoms with Gasteiger partial charge in [0.25, 0.3) is 0 Å². The number of rotatable bonds is 6. The van der Waals surface area contributed by atoms with Crippen LogP contribution in [0, 0.1) is 5.92 Å². The SMILES string of the molecule is CCCn1c(CC(NC)C2CCCC2)nc2ccccc21. The number of hydrogen-bond acceptors (Lipinski definition) is 2. The number of imidazole rings is 1. The number of para-hydroxylation sites is 2. The average molecular weight is 285 g/mol. The van der Waals surface area contributed by atoms with Gasteiger partial charge in [-0.05, 0) is 44.4 Å². The molecule has 2 aromatic rings. The summed E-state index contributed by atoms with van der Waals surface area (Å²) >= 11 is 0. The Balaban J connectivity index is 1.89. The first-order chi connectivity index (χ1) is 10.3. The first-order valence-corrected chi connectivity index (χ1v) is 8.45. The standard InChI is InChI=1S/C18H27N3/c1-3-12-21-17-11-7-6-10-15(17)20-18(21)13-16(19-2)14-8-4-5-9-14/h6-7,10-11,14,16,19H,3-5,8-9,12-13H2,1-2H3. The van der Waals surface area contributed by atoms with E-state index >= 15 is 0 Å². The Morgan fingerprint density at radius 1 is 1.29 bits per heavy atom. The Morgan fingerprint density at radius 3 is 2.76 bits per heavy atom. The van der Waals surface area contributed by atoms with E-state index in [1.807, 2.05) is 0 Å². The molecule has 1 fully saturated rings. The lowest BCUT2D eigenvalue weighted by atomic mass is 9.95. The second-order valence-electron chi connectivity index (χ2n) is 6.31. The van der Waals surface area contributed by atoms with E-state index in [-0.39, 0.29) is 0 Å². The molecule has 3 nitrogen and oxygen atoms in total. The van der Waals surface area contributed by atoms with Gasteiger partial charge in [-0.1, -0.05) is 31.9 Å². The summed E-state index contributed by atoms with van der Waals surface area (Å²) in [6.07, 6.45) is 7.75. The van der Waals surface area contributed by atoms with Gasteiger partial charge in [-0.15, -0.1) is 0 Å². The van der Waals surface area contributed by atoms with Gasteiger partial charge in [-0.2, -0.15) is 0 Å². The van der Waals surface area contributed by atoms with Crippen LogP contribution < -0.4 is 5.32 Å². The first kappa shape index (κ1) is 14.6. The highest BCUT2D eigenvalue weighted by atomic mass is 15.1. The van der Waals surface area contributed by atoms with Crippen LogP contribution in [0.2, 0.25) is 0 Å². The molecule has 114 valence electrons. The van der Waals surface area contributed by atoms with Crippen LogP contribution in [0.1, 0.15) is 44.9 Å². The monoisotopic (exact) mass is 285 g/mol. The quantitative estimate of drug-likeness (QED) is 0.875. The molecule has 0 spiro atoms. The van der Waals surface area contributed by atoms with E-state index < -0.39 is 0 Å². The third kappa shape index (κ3) is 2.98. The molecule has 3 rings (SSSR count). The molecule has 1 unspecified atom stereocenters. The Bertz CT molecular complexity index is 581. The molecular weight excluding hydrogens is 258 g/mol. The van der Waals surface area contributed by atoms with Crippen molar-refractivity contribution in [1.29, 1.82) is 0 Å². The lowest BCUT2D eigenvalue weighted by molar-refractivity contribution is 0.368. The van der Waals surface area contributed by atoms with Crippen LogP contribution in [0.15, 0.2) is 24.3 Å². The molecular formula is C18H27N3. The van der Waals surface area contributed by atoms with Crippen LogP contribution in [0.5, 0.6) is 0 Å². The zero-order valence-electron chi connectivity index (χ0n) is 13.3. The second-order valence-corrected chi connectivity index (χ2v) is 6.31. The molecule has 1 saturated carbocycles. The van der Waals surface area contributed by atoms with Crippen molar-refractivity contribution in [2.24, 2.45) is 5.92 Å². The van der Waals surface area contributed by atoms with E-state index in [0.717, 1.165) is 30.8 Å². The maximum atomic E-state index is 4.91. The number of hydrogen-bond donors (Lipinski definition) is 1. The van der Waals surface area contributed by atoms with Gasteiger partial charge in [-0.3, -0.25) is 0 Å². The number of aromatic nitrogens is 2. The normalized spacial score (nSPS) is 17.6. The van der Waals surface area contributed by atoms with E-state index in [2.05, 4.69) is 48.1 Å². The molecule has 3 heteroatoms. The molecule has 1 aromatic heterocycles. The van der Waals surface area contributed by atoms with Gasteiger partial charge in [0.05, 0.1) is 11.0 Å². The fraction of sp³-hybridized carbons (Fsp3) is 0.611. The van der Waals surface area contributed by atoms with Gasteiger partial charge in [0.15, 0.2) is 0 Å². The van der Waals surface area contributed by atoms with Crippen LogP contribution in [0.3, 0.4) is 0 Å². The molecule has 0 saturated heterocycles. The molecule has 1 heterocycles. The van der Waals surface area contributed by atoms with E-state index in [1.54, 1.807) is 0 Å². The highest BCUT2D eigenvalue weighted by molar-refractivity contribution is 5.75. The summed E-state index contributed by atoms with van der Waals surface area (Å²) in [5.74, 6) is 2.08. The van der Waals surface area contributed by atoms with Crippen molar-refractivity contribution >= 4 is 11.0 Å². The number of nitrogens with one attached hydrogen (secondary N) is 1. The summed E-state index contributed by atoms with van der Waals surface area (Å²) in [7, 11) is 2.11. The molecule has 0 bridgehead atoms. The van der Waals surface area contributed by atoms with Crippen molar-refractivity contribution in [1.82, 2.24) is 14.9 Å². The molecule has 1 aliphatic carbocycles. The van der Waals surface area contributed by atoms with Crippen molar-refractivity contribution in [3.05, 3.63) is 30.1 Å². The predicted molar refractivity (Wildman–Crippen MR) is 88.5 cm³/mol. The number of fused-ring (bicyclic) bond motifs is 1. The summed E-state index contributed by atoms with van der Waals surface area (Å²) in [4.78, 5) is 4.91. The highest BCUT2D eigenvalue weighted by Crippen LogP contribution is 2.29. The van der Waals surface area contributed by atoms with Crippen LogP contribution in [0.25, 0.3) is 11.0 Å². The number of benzene rings is 1. The van der Waals surface area contributed by atoms with Crippen molar-refractivity contribution in [2.45, 2.75) is 58.0 Å². The molecule has 1 atom stereocenters. The predicted octanol–water partition coefficient (Wildman–Crippen LogP) is 3.77. The van der Waals surface area contributed by atoms with Crippen molar-refractivity contribution < 1.29 is 0 Å². The fourth-order valence-electron chi connectivity index (χ4n) is 3.82. The van der Waals surface area contributed by atoms with Crippen molar-refractivity contribution in [3.8, 4) is 0 Å². The van der Waals surface area contributed by atoms with Gasteiger partial charge < -0.3 is 9.88 Å². The zero-order valence-corrected chi connectivity index (χ0v) is 13.3. The third-order valence-electron chi connectivity index (χ3n) is 4.92. The average Bonchev–Trinajstić information content (AvgIpc) is 3.14. The minimum atomic E-state index is 0.569. The topological polar surface area (TPSA) is 29.9 Å². The molecule has 21 heavy (non-hydrogen) atoms. The number of aryl methyl sites for hydroxylation is 1. The second kappa shape index (κ2) is 6.61. The summed E-state index contributed by atoms with van der Waals surface area (Å²) in [5.41, 5.74) is 2.43. The maximum Gasteiger partial charge on any atom is 0.111 e. The highest BCUT2D eigenvalue weighted by Gasteiger charge is 2.25. The van der Waals surface area contributed by atoms with E-state index in [4.69, 9.17) is 4.98 Å². The van der Waals surface area contributed by atoms with Gasteiger partial charge in [0.1, 0.15) is 5.82 Å². The minimum absolute atomic E-state index is 0.569. The Labute approximate surface area is 127 Å². The molecule has 1 aromatic carbocycles. The summed E-state index contributed by atoms with van der Waals surface area (Å²) in [6.45, 7) is 3.31. The van der Waals surface area contributed by atoms with Gasteiger partial charge in [-0.25, -0.2) is 4.98 Å². The lowest BCUT2D eigenvalue weighted by Gasteiger charge is -2.23. The van der Waals surface area contributed by atoms with E-state index in [1.165, 1.54) is 37.0 Å². The molecule has 1 N–H and O–H groups in total. The Hall–Kier alpha value is -1.35. The lowest BCUT2D eigenvalue weighted by Crippen LogP contribution is -2.35. The van der Waals surface area contributed by atoms with E-state index in [0.29, 0.717) is 6.04 Å². The van der Waals surface area contributed by atoms with E-state index in [9.17, 15) is 0 Å². The smallest absolute Gasteiger partial charge is 0.111 e. The minimum Gasteiger partial charge on any atom is -0.328 e. The number of likely N-dealkylation sites (N-methyl/N-ethyl adjacent to an activating group) is 1. The number of nitrogens with zero attached hydrogens (tertiary/aromatic N) is 2. The summed E-state index contributed by atoms with van der Waals surface area (Å²) in [5, 5.41) is 3.55. The Morgan fingerprint density at radius 2 is 2.05 bits per heavy atom.